The van der Waals surface area contributed by atoms with Crippen LogP contribution in [-0.2, 0) is 26.2 Å². The molecule has 1 saturated carbocycles. The van der Waals surface area contributed by atoms with E-state index in [2.05, 4.69) is 5.32 Å². The number of benzene rings is 4. The molecular formula is C38H43N3O5S. The maximum absolute atomic E-state index is 14.4. The number of nitrogens with zero attached hydrogens (tertiary/aromatic N) is 2. The smallest absolute Gasteiger partial charge is 0.264 e. The number of aryl methyl sites for hydroxylation is 1. The van der Waals surface area contributed by atoms with Gasteiger partial charge in [-0.2, -0.15) is 0 Å². The average Bonchev–Trinajstić information content (AvgIpc) is 3.09. The summed E-state index contributed by atoms with van der Waals surface area (Å²) in [5.41, 5.74) is 2.20. The van der Waals surface area contributed by atoms with Crippen LogP contribution in [0.4, 0.5) is 5.69 Å². The molecule has 0 bridgehead atoms. The monoisotopic (exact) mass is 653 g/mol. The number of hydrogen-bond acceptors (Lipinski definition) is 5. The quantitative estimate of drug-likeness (QED) is 0.164. The van der Waals surface area contributed by atoms with E-state index < -0.39 is 28.5 Å². The van der Waals surface area contributed by atoms with Crippen molar-refractivity contribution in [3.63, 3.8) is 0 Å². The Labute approximate surface area is 278 Å². The van der Waals surface area contributed by atoms with Gasteiger partial charge in [-0.25, -0.2) is 8.42 Å². The largest absolute Gasteiger partial charge is 0.457 e. The fourth-order valence-corrected chi connectivity index (χ4v) is 7.46. The van der Waals surface area contributed by atoms with E-state index in [1.54, 1.807) is 42.5 Å². The Morgan fingerprint density at radius 1 is 0.830 bits per heavy atom. The van der Waals surface area contributed by atoms with Crippen molar-refractivity contribution >= 4 is 27.5 Å². The standard InChI is InChI=1S/C38H43N3O5S/c1-3-36(38(43)39-31-16-7-4-8-17-31)40(27-30-15-13-14-29(2)26-30)37(42)28-41(47(44,45)35-20-11-6-12-21-35)32-22-24-34(25-23-32)46-33-18-9-5-10-19-33/h5-6,9-15,18-26,31,36H,3-4,7-8,16-17,27-28H2,1-2H3,(H,39,43). The maximum Gasteiger partial charge on any atom is 0.264 e. The molecule has 0 spiro atoms. The number of ether oxygens (including phenoxy) is 1. The molecule has 0 radical (unpaired) electrons. The molecule has 5 rings (SSSR count). The summed E-state index contributed by atoms with van der Waals surface area (Å²) in [4.78, 5) is 29.8. The number of para-hydroxylation sites is 1. The Hall–Kier alpha value is -4.63. The van der Waals surface area contributed by atoms with Gasteiger partial charge in [0.1, 0.15) is 24.1 Å². The number of nitrogens with one attached hydrogen (secondary N) is 1. The van der Waals surface area contributed by atoms with E-state index in [4.69, 9.17) is 4.74 Å². The van der Waals surface area contributed by atoms with Gasteiger partial charge in [0, 0.05) is 12.6 Å². The SMILES string of the molecule is CCC(C(=O)NC1CCCCC1)N(Cc1cccc(C)c1)C(=O)CN(c1ccc(Oc2ccccc2)cc1)S(=O)(=O)c1ccccc1. The Bertz CT molecular complexity index is 1720. The maximum atomic E-state index is 14.4. The van der Waals surface area contributed by atoms with Crippen LogP contribution < -0.4 is 14.4 Å². The molecule has 0 heterocycles. The normalized spacial score (nSPS) is 14.2. The molecule has 9 heteroatoms. The lowest BCUT2D eigenvalue weighted by molar-refractivity contribution is -0.140. The molecule has 1 aliphatic rings. The van der Waals surface area contributed by atoms with Crippen LogP contribution in [0.1, 0.15) is 56.6 Å². The summed E-state index contributed by atoms with van der Waals surface area (Å²) in [6, 6.07) is 31.1. The van der Waals surface area contributed by atoms with Gasteiger partial charge >= 0.3 is 0 Å². The fourth-order valence-electron chi connectivity index (χ4n) is 6.02. The van der Waals surface area contributed by atoms with Crippen molar-refractivity contribution in [2.24, 2.45) is 0 Å². The zero-order chi connectivity index (χ0) is 33.2. The highest BCUT2D eigenvalue weighted by atomic mass is 32.2. The molecule has 0 aromatic heterocycles. The lowest BCUT2D eigenvalue weighted by Gasteiger charge is -2.34. The average molecular weight is 654 g/mol. The summed E-state index contributed by atoms with van der Waals surface area (Å²) in [6.45, 7) is 3.53. The van der Waals surface area contributed by atoms with Gasteiger partial charge in [-0.3, -0.25) is 13.9 Å². The van der Waals surface area contributed by atoms with Crippen molar-refractivity contribution in [1.29, 1.82) is 0 Å². The molecule has 0 saturated heterocycles. The molecule has 1 N–H and O–H groups in total. The van der Waals surface area contributed by atoms with Crippen molar-refractivity contribution in [2.45, 2.75) is 75.9 Å². The van der Waals surface area contributed by atoms with E-state index in [-0.39, 0.29) is 23.4 Å². The molecule has 4 aromatic carbocycles. The van der Waals surface area contributed by atoms with E-state index in [9.17, 15) is 18.0 Å². The highest BCUT2D eigenvalue weighted by Crippen LogP contribution is 2.29. The van der Waals surface area contributed by atoms with Gasteiger partial charge in [-0.15, -0.1) is 0 Å². The van der Waals surface area contributed by atoms with Crippen molar-refractivity contribution in [1.82, 2.24) is 10.2 Å². The molecule has 1 unspecified atom stereocenters. The van der Waals surface area contributed by atoms with E-state index in [0.717, 1.165) is 47.5 Å². The first-order valence-electron chi connectivity index (χ1n) is 16.3. The van der Waals surface area contributed by atoms with Gasteiger partial charge in [0.2, 0.25) is 11.8 Å². The lowest BCUT2D eigenvalue weighted by atomic mass is 9.95. The minimum absolute atomic E-state index is 0.0599. The second-order valence-electron chi connectivity index (χ2n) is 12.0. The molecule has 246 valence electrons. The summed E-state index contributed by atoms with van der Waals surface area (Å²) in [5, 5.41) is 3.19. The molecule has 0 aliphatic heterocycles. The second-order valence-corrected chi connectivity index (χ2v) is 13.9. The van der Waals surface area contributed by atoms with E-state index in [1.165, 1.54) is 17.0 Å². The topological polar surface area (TPSA) is 96.0 Å². The van der Waals surface area contributed by atoms with E-state index in [1.807, 2.05) is 68.4 Å². The predicted octanol–water partition coefficient (Wildman–Crippen LogP) is 7.24. The molecular weight excluding hydrogens is 611 g/mol. The van der Waals surface area contributed by atoms with E-state index >= 15 is 0 Å². The summed E-state index contributed by atoms with van der Waals surface area (Å²) in [7, 11) is -4.16. The van der Waals surface area contributed by atoms with Crippen LogP contribution in [0.2, 0.25) is 0 Å². The van der Waals surface area contributed by atoms with Crippen LogP contribution in [0.5, 0.6) is 11.5 Å². The predicted molar refractivity (Wildman–Crippen MR) is 185 cm³/mol. The molecule has 4 aromatic rings. The minimum Gasteiger partial charge on any atom is -0.457 e. The molecule has 47 heavy (non-hydrogen) atoms. The number of carbonyl (C=O) groups excluding carboxylic acids is 2. The van der Waals surface area contributed by atoms with Crippen molar-refractivity contribution in [3.8, 4) is 11.5 Å². The Balaban J connectivity index is 1.47. The summed E-state index contributed by atoms with van der Waals surface area (Å²) in [5.74, 6) is 0.490. The summed E-state index contributed by atoms with van der Waals surface area (Å²) in [6.07, 6.45) is 5.51. The van der Waals surface area contributed by atoms with Crippen LogP contribution in [0.15, 0.2) is 114 Å². The number of carbonyl (C=O) groups is 2. The van der Waals surface area contributed by atoms with Gasteiger partial charge in [-0.1, -0.05) is 92.4 Å². The Morgan fingerprint density at radius 3 is 2.11 bits per heavy atom. The molecule has 1 fully saturated rings. The first-order chi connectivity index (χ1) is 22.7. The fraction of sp³-hybridized carbons (Fsp3) is 0.316. The zero-order valence-corrected chi connectivity index (χ0v) is 27.9. The third kappa shape index (κ3) is 8.80. The second kappa shape index (κ2) is 15.8. The van der Waals surface area contributed by atoms with Crippen LogP contribution in [0.3, 0.4) is 0 Å². The van der Waals surface area contributed by atoms with Gasteiger partial charge in [0.15, 0.2) is 0 Å². The minimum atomic E-state index is -4.16. The Kier molecular flexibility index (Phi) is 11.3. The highest BCUT2D eigenvalue weighted by molar-refractivity contribution is 7.92. The van der Waals surface area contributed by atoms with Crippen molar-refractivity contribution in [3.05, 3.63) is 120 Å². The summed E-state index contributed by atoms with van der Waals surface area (Å²) < 4.78 is 35.3. The first kappa shape index (κ1) is 33.7. The van der Waals surface area contributed by atoms with Gasteiger partial charge in [0.25, 0.3) is 10.0 Å². The number of anilines is 1. The number of hydrogen-bond donors (Lipinski definition) is 1. The van der Waals surface area contributed by atoms with Gasteiger partial charge in [-0.05, 0) is 80.3 Å². The zero-order valence-electron chi connectivity index (χ0n) is 27.0. The third-order valence-electron chi connectivity index (χ3n) is 8.49. The van der Waals surface area contributed by atoms with E-state index in [0.29, 0.717) is 23.6 Å². The van der Waals surface area contributed by atoms with Crippen LogP contribution in [0.25, 0.3) is 0 Å². The van der Waals surface area contributed by atoms with Crippen LogP contribution in [-0.4, -0.2) is 43.8 Å². The highest BCUT2D eigenvalue weighted by Gasteiger charge is 2.34. The van der Waals surface area contributed by atoms with Crippen molar-refractivity contribution < 1.29 is 22.7 Å². The lowest BCUT2D eigenvalue weighted by Crippen LogP contribution is -2.54. The Morgan fingerprint density at radius 2 is 1.47 bits per heavy atom. The third-order valence-corrected chi connectivity index (χ3v) is 10.3. The molecule has 2 amide bonds. The number of sulfonamides is 1. The number of amides is 2. The summed E-state index contributed by atoms with van der Waals surface area (Å²) >= 11 is 0. The first-order valence-corrected chi connectivity index (χ1v) is 17.7. The molecule has 1 aliphatic carbocycles. The van der Waals surface area contributed by atoms with Crippen molar-refractivity contribution in [2.75, 3.05) is 10.8 Å². The molecule has 8 nitrogen and oxygen atoms in total. The van der Waals surface area contributed by atoms with Gasteiger partial charge < -0.3 is 15.0 Å². The van der Waals surface area contributed by atoms with Crippen LogP contribution in [0, 0.1) is 6.92 Å². The van der Waals surface area contributed by atoms with Crippen LogP contribution >= 0.6 is 0 Å². The number of rotatable bonds is 13. The molecule has 1 atom stereocenters. The van der Waals surface area contributed by atoms with Gasteiger partial charge in [0.05, 0.1) is 10.6 Å².